The average Bonchev–Trinajstić information content (AvgIpc) is 3.51. The quantitative estimate of drug-likeness (QED) is 0.401. The Hall–Kier alpha value is -3.19. The molecule has 1 atom stereocenters. The van der Waals surface area contributed by atoms with E-state index in [1.165, 1.54) is 0 Å². The molecule has 2 heterocycles. The van der Waals surface area contributed by atoms with Gasteiger partial charge in [0.15, 0.2) is 17.3 Å². The summed E-state index contributed by atoms with van der Waals surface area (Å²) < 4.78 is 16.2. The van der Waals surface area contributed by atoms with E-state index < -0.39 is 0 Å². The lowest BCUT2D eigenvalue weighted by Crippen LogP contribution is -2.05. The SMILES string of the molecule is COc1cc(/C=N/Nc2nncc3ccccc23)ccc1OCC1CO1. The molecule has 7 nitrogen and oxygen atoms in total. The van der Waals surface area contributed by atoms with E-state index in [9.17, 15) is 0 Å². The zero-order chi connectivity index (χ0) is 17.8. The predicted molar refractivity (Wildman–Crippen MR) is 99.0 cm³/mol. The number of aromatic nitrogens is 2. The van der Waals surface area contributed by atoms with Gasteiger partial charge in [0.1, 0.15) is 12.7 Å². The molecule has 0 spiro atoms. The van der Waals surface area contributed by atoms with Crippen LogP contribution in [0.2, 0.25) is 0 Å². The van der Waals surface area contributed by atoms with Gasteiger partial charge in [-0.1, -0.05) is 24.3 Å². The van der Waals surface area contributed by atoms with Gasteiger partial charge in [0, 0.05) is 10.8 Å². The van der Waals surface area contributed by atoms with Gasteiger partial charge in [0.2, 0.25) is 0 Å². The summed E-state index contributed by atoms with van der Waals surface area (Å²) in [6, 6.07) is 13.5. The summed E-state index contributed by atoms with van der Waals surface area (Å²) in [4.78, 5) is 0. The van der Waals surface area contributed by atoms with Crippen LogP contribution >= 0.6 is 0 Å². The van der Waals surface area contributed by atoms with E-state index in [4.69, 9.17) is 14.2 Å². The van der Waals surface area contributed by atoms with E-state index in [1.807, 2.05) is 42.5 Å². The summed E-state index contributed by atoms with van der Waals surface area (Å²) in [6.45, 7) is 1.29. The van der Waals surface area contributed by atoms with Crippen LogP contribution in [0.3, 0.4) is 0 Å². The van der Waals surface area contributed by atoms with Gasteiger partial charge in [0.05, 0.1) is 26.1 Å². The standard InChI is InChI=1S/C19H18N4O3/c1-24-18-8-13(6-7-17(18)26-12-15-11-25-15)9-20-22-19-16-5-3-2-4-14(16)10-21-23-19/h2-10,15H,11-12H2,1H3,(H,22,23)/b20-9+. The number of nitrogens with one attached hydrogen (secondary N) is 1. The van der Waals surface area contributed by atoms with Gasteiger partial charge in [-0.2, -0.15) is 10.2 Å². The monoisotopic (exact) mass is 350 g/mol. The topological polar surface area (TPSA) is 81.2 Å². The first-order valence-electron chi connectivity index (χ1n) is 8.25. The third-order valence-electron chi connectivity index (χ3n) is 3.97. The van der Waals surface area contributed by atoms with E-state index in [0.717, 1.165) is 22.9 Å². The van der Waals surface area contributed by atoms with Crippen molar-refractivity contribution in [2.45, 2.75) is 6.10 Å². The number of benzene rings is 2. The van der Waals surface area contributed by atoms with Crippen molar-refractivity contribution in [1.29, 1.82) is 0 Å². The van der Waals surface area contributed by atoms with Crippen LogP contribution in [0.5, 0.6) is 11.5 Å². The number of hydrazone groups is 1. The van der Waals surface area contributed by atoms with Crippen LogP contribution in [0.4, 0.5) is 5.82 Å². The lowest BCUT2D eigenvalue weighted by molar-refractivity contribution is 0.252. The largest absolute Gasteiger partial charge is 0.493 e. The summed E-state index contributed by atoms with van der Waals surface area (Å²) in [5.74, 6) is 1.95. The summed E-state index contributed by atoms with van der Waals surface area (Å²) in [7, 11) is 1.61. The van der Waals surface area contributed by atoms with E-state index in [-0.39, 0.29) is 6.10 Å². The third kappa shape index (κ3) is 3.73. The average molecular weight is 350 g/mol. The Morgan fingerprint density at radius 2 is 2.15 bits per heavy atom. The smallest absolute Gasteiger partial charge is 0.176 e. The van der Waals surface area contributed by atoms with Crippen LogP contribution in [0.1, 0.15) is 5.56 Å². The van der Waals surface area contributed by atoms with E-state index >= 15 is 0 Å². The molecule has 1 aliphatic heterocycles. The summed E-state index contributed by atoms with van der Waals surface area (Å²) in [5, 5.41) is 14.3. The van der Waals surface area contributed by atoms with Crippen LogP contribution in [0.25, 0.3) is 10.8 Å². The van der Waals surface area contributed by atoms with Crippen molar-refractivity contribution in [3.63, 3.8) is 0 Å². The fourth-order valence-electron chi connectivity index (χ4n) is 2.51. The minimum absolute atomic E-state index is 0.201. The molecule has 1 aliphatic rings. The normalized spacial score (nSPS) is 16.0. The molecule has 26 heavy (non-hydrogen) atoms. The molecular formula is C19H18N4O3. The first-order chi connectivity index (χ1) is 12.8. The molecule has 0 bridgehead atoms. The third-order valence-corrected chi connectivity index (χ3v) is 3.97. The number of rotatable bonds is 7. The lowest BCUT2D eigenvalue weighted by Gasteiger charge is -2.10. The molecule has 3 aromatic rings. The Labute approximate surface area is 150 Å². The first kappa shape index (κ1) is 16.3. The zero-order valence-electron chi connectivity index (χ0n) is 14.3. The van der Waals surface area contributed by atoms with E-state index in [0.29, 0.717) is 23.9 Å². The molecule has 1 aromatic heterocycles. The molecule has 1 N–H and O–H groups in total. The van der Waals surface area contributed by atoms with Crippen molar-refractivity contribution in [1.82, 2.24) is 10.2 Å². The predicted octanol–water partition coefficient (Wildman–Crippen LogP) is 2.86. The van der Waals surface area contributed by atoms with Crippen molar-refractivity contribution in [3.8, 4) is 11.5 Å². The van der Waals surface area contributed by atoms with Crippen LogP contribution in [-0.2, 0) is 4.74 Å². The van der Waals surface area contributed by atoms with Crippen molar-refractivity contribution < 1.29 is 14.2 Å². The summed E-state index contributed by atoms with van der Waals surface area (Å²) >= 11 is 0. The maximum Gasteiger partial charge on any atom is 0.176 e. The highest BCUT2D eigenvalue weighted by atomic mass is 16.6. The van der Waals surface area contributed by atoms with Gasteiger partial charge < -0.3 is 14.2 Å². The van der Waals surface area contributed by atoms with Crippen molar-refractivity contribution in [2.75, 3.05) is 25.7 Å². The number of fused-ring (bicyclic) bond motifs is 1. The second-order valence-corrected chi connectivity index (χ2v) is 5.83. The Morgan fingerprint density at radius 3 is 3.00 bits per heavy atom. The van der Waals surface area contributed by atoms with Gasteiger partial charge in [0.25, 0.3) is 0 Å². The van der Waals surface area contributed by atoms with Gasteiger partial charge in [-0.05, 0) is 23.8 Å². The maximum absolute atomic E-state index is 5.70. The first-order valence-corrected chi connectivity index (χ1v) is 8.25. The molecule has 132 valence electrons. The summed E-state index contributed by atoms with van der Waals surface area (Å²) in [6.07, 6.45) is 3.62. The molecule has 1 unspecified atom stereocenters. The molecule has 7 heteroatoms. The summed E-state index contributed by atoms with van der Waals surface area (Å²) in [5.41, 5.74) is 3.82. The minimum Gasteiger partial charge on any atom is -0.493 e. The van der Waals surface area contributed by atoms with Crippen LogP contribution in [-0.4, -0.2) is 42.8 Å². The fraction of sp³-hybridized carbons (Fsp3) is 0.211. The van der Waals surface area contributed by atoms with Crippen LogP contribution in [0, 0.1) is 0 Å². The minimum atomic E-state index is 0.201. The molecule has 2 aromatic carbocycles. The highest BCUT2D eigenvalue weighted by molar-refractivity contribution is 5.91. The number of hydrogen-bond donors (Lipinski definition) is 1. The van der Waals surface area contributed by atoms with Gasteiger partial charge >= 0.3 is 0 Å². The molecule has 1 fully saturated rings. The second-order valence-electron chi connectivity index (χ2n) is 5.83. The molecule has 0 amide bonds. The second kappa shape index (κ2) is 7.37. The van der Waals surface area contributed by atoms with Crippen LogP contribution < -0.4 is 14.9 Å². The van der Waals surface area contributed by atoms with Gasteiger partial charge in [-0.15, -0.1) is 5.10 Å². The highest BCUT2D eigenvalue weighted by Crippen LogP contribution is 2.28. The Bertz CT molecular complexity index is 936. The molecule has 0 saturated carbocycles. The Balaban J connectivity index is 1.47. The Morgan fingerprint density at radius 1 is 1.27 bits per heavy atom. The number of epoxide rings is 1. The molecular weight excluding hydrogens is 332 g/mol. The van der Waals surface area contributed by atoms with Crippen molar-refractivity contribution in [2.24, 2.45) is 5.10 Å². The van der Waals surface area contributed by atoms with E-state index in [1.54, 1.807) is 19.5 Å². The van der Waals surface area contributed by atoms with E-state index in [2.05, 4.69) is 20.7 Å². The van der Waals surface area contributed by atoms with Gasteiger partial charge in [-0.25, -0.2) is 0 Å². The van der Waals surface area contributed by atoms with Gasteiger partial charge in [-0.3, -0.25) is 5.43 Å². The van der Waals surface area contributed by atoms with Crippen LogP contribution in [0.15, 0.2) is 53.8 Å². The highest BCUT2D eigenvalue weighted by Gasteiger charge is 2.23. The molecule has 1 saturated heterocycles. The Kier molecular flexibility index (Phi) is 4.61. The zero-order valence-corrected chi connectivity index (χ0v) is 14.3. The maximum atomic E-state index is 5.70. The number of anilines is 1. The number of ether oxygens (including phenoxy) is 3. The molecule has 4 rings (SSSR count). The fourth-order valence-corrected chi connectivity index (χ4v) is 2.51. The molecule has 0 radical (unpaired) electrons. The number of methoxy groups -OCH3 is 1. The number of hydrogen-bond acceptors (Lipinski definition) is 7. The lowest BCUT2D eigenvalue weighted by atomic mass is 10.2. The number of nitrogens with zero attached hydrogens (tertiary/aromatic N) is 3. The van der Waals surface area contributed by atoms with Crippen molar-refractivity contribution in [3.05, 3.63) is 54.2 Å². The molecule has 0 aliphatic carbocycles. The van der Waals surface area contributed by atoms with Crippen molar-refractivity contribution >= 4 is 22.8 Å².